The lowest BCUT2D eigenvalue weighted by molar-refractivity contribution is -0.144. The van der Waals surface area contributed by atoms with Crippen LogP contribution in [0.15, 0.2) is 0 Å². The van der Waals surface area contributed by atoms with E-state index >= 15 is 0 Å². The highest BCUT2D eigenvalue weighted by Crippen LogP contribution is 2.12. The van der Waals surface area contributed by atoms with E-state index < -0.39 is 54.5 Å². The normalized spacial score (nSPS) is 17.4. The van der Waals surface area contributed by atoms with E-state index in [2.05, 4.69) is 16.0 Å². The largest absolute Gasteiger partial charge is 0.480 e. The predicted octanol–water partition coefficient (Wildman–Crippen LogP) is -1.04. The molecule has 0 heterocycles. The number of nitrogens with two attached hydrogens (primary N) is 1. The van der Waals surface area contributed by atoms with Crippen molar-refractivity contribution in [1.29, 1.82) is 0 Å². The summed E-state index contributed by atoms with van der Waals surface area (Å²) in [4.78, 5) is 48.3. The zero-order valence-corrected chi connectivity index (χ0v) is 17.2. The molecule has 28 heavy (non-hydrogen) atoms. The lowest BCUT2D eigenvalue weighted by Crippen LogP contribution is -2.59. The van der Waals surface area contributed by atoms with Crippen molar-refractivity contribution < 1.29 is 29.4 Å². The Balaban J connectivity index is 5.35. The van der Waals surface area contributed by atoms with Crippen molar-refractivity contribution in [3.8, 4) is 0 Å². The average molecular weight is 402 g/mol. The zero-order chi connectivity index (χ0) is 22.0. The summed E-state index contributed by atoms with van der Waals surface area (Å²) in [5.74, 6) is -3.78. The average Bonchev–Trinajstić information content (AvgIpc) is 2.65. The molecule has 0 aliphatic heterocycles. The van der Waals surface area contributed by atoms with Crippen LogP contribution in [-0.4, -0.2) is 64.7 Å². The summed E-state index contributed by atoms with van der Waals surface area (Å²) in [5.41, 5.74) is 5.44. The van der Waals surface area contributed by atoms with Crippen LogP contribution in [0.2, 0.25) is 0 Å². The van der Waals surface area contributed by atoms with Crippen molar-refractivity contribution in [1.82, 2.24) is 16.0 Å². The van der Waals surface area contributed by atoms with E-state index in [1.807, 2.05) is 13.8 Å². The van der Waals surface area contributed by atoms with E-state index in [0.29, 0.717) is 12.8 Å². The number of carboxylic acid groups (broad SMARTS) is 1. The maximum absolute atomic E-state index is 12.7. The first-order valence-corrected chi connectivity index (χ1v) is 9.50. The second-order valence-corrected chi connectivity index (χ2v) is 7.11. The molecule has 0 aromatic heterocycles. The maximum atomic E-state index is 12.7. The first kappa shape index (κ1) is 25.8. The fourth-order valence-corrected chi connectivity index (χ4v) is 2.38. The topological polar surface area (TPSA) is 171 Å². The van der Waals surface area contributed by atoms with Gasteiger partial charge in [-0.1, -0.05) is 40.5 Å². The Bertz CT molecular complexity index is 554. The van der Waals surface area contributed by atoms with E-state index in [1.54, 1.807) is 13.8 Å². The first-order chi connectivity index (χ1) is 13.0. The number of hydrogen-bond donors (Lipinski definition) is 6. The van der Waals surface area contributed by atoms with Crippen LogP contribution in [0, 0.1) is 11.8 Å². The number of nitrogens with one attached hydrogen (secondary N) is 3. The molecule has 7 N–H and O–H groups in total. The fourth-order valence-electron chi connectivity index (χ4n) is 2.38. The van der Waals surface area contributed by atoms with Gasteiger partial charge in [-0.15, -0.1) is 0 Å². The fraction of sp³-hybridized carbons (Fsp3) is 0.778. The van der Waals surface area contributed by atoms with Crippen molar-refractivity contribution in [2.75, 3.05) is 6.61 Å². The van der Waals surface area contributed by atoms with Crippen LogP contribution in [-0.2, 0) is 19.2 Å². The van der Waals surface area contributed by atoms with E-state index in [9.17, 15) is 29.4 Å². The molecule has 0 spiro atoms. The Labute approximate surface area is 165 Å². The molecule has 0 unspecified atom stereocenters. The molecular weight excluding hydrogens is 368 g/mol. The summed E-state index contributed by atoms with van der Waals surface area (Å²) in [7, 11) is 0. The molecule has 3 amide bonds. The van der Waals surface area contributed by atoms with Crippen molar-refractivity contribution in [2.24, 2.45) is 17.6 Å². The molecule has 0 aliphatic carbocycles. The van der Waals surface area contributed by atoms with Gasteiger partial charge in [-0.3, -0.25) is 14.4 Å². The number of carbonyl (C=O) groups excluding carboxylic acids is 3. The predicted molar refractivity (Wildman–Crippen MR) is 103 cm³/mol. The molecule has 0 aromatic rings. The van der Waals surface area contributed by atoms with Crippen LogP contribution in [0.5, 0.6) is 0 Å². The molecule has 0 saturated carbocycles. The maximum Gasteiger partial charge on any atom is 0.326 e. The second-order valence-electron chi connectivity index (χ2n) is 7.11. The molecule has 6 atom stereocenters. The van der Waals surface area contributed by atoms with Crippen molar-refractivity contribution in [3.63, 3.8) is 0 Å². The number of carbonyl (C=O) groups is 4. The Morgan fingerprint density at radius 3 is 1.68 bits per heavy atom. The van der Waals surface area contributed by atoms with Gasteiger partial charge in [0.2, 0.25) is 17.7 Å². The lowest BCUT2D eigenvalue weighted by Gasteiger charge is -2.28. The van der Waals surface area contributed by atoms with Crippen LogP contribution >= 0.6 is 0 Å². The summed E-state index contributed by atoms with van der Waals surface area (Å²) in [6, 6.07) is -4.26. The molecule has 0 radical (unpaired) electrons. The van der Waals surface area contributed by atoms with Crippen molar-refractivity contribution in [3.05, 3.63) is 0 Å². The molecule has 10 heteroatoms. The van der Waals surface area contributed by atoms with E-state index in [-0.39, 0.29) is 11.8 Å². The SMILES string of the molecule is CC[C@H](C)[C@H](NC(=O)[C@@H](NC(=O)[C@H](CO)NC(=O)[C@H](C)N)[C@@H](C)CC)C(=O)O. The van der Waals surface area contributed by atoms with Gasteiger partial charge in [0.1, 0.15) is 18.1 Å². The standard InChI is InChI=1S/C18H34N4O6/c1-6-9(3)13(17(26)22-14(18(27)28)10(4)7-2)21-16(25)12(8-23)20-15(24)11(5)19/h9-14,23H,6-8,19H2,1-5H3,(H,20,24)(H,21,25)(H,22,26)(H,27,28)/t9-,10-,11-,12-,13-,14-/m0/s1. The van der Waals surface area contributed by atoms with Crippen molar-refractivity contribution >= 4 is 23.7 Å². The van der Waals surface area contributed by atoms with Crippen LogP contribution < -0.4 is 21.7 Å². The number of aliphatic hydroxyl groups is 1. The third kappa shape index (κ3) is 7.81. The molecule has 0 bridgehead atoms. The Hall–Kier alpha value is -2.20. The van der Waals surface area contributed by atoms with Gasteiger partial charge < -0.3 is 31.9 Å². The molecule has 162 valence electrons. The number of carboxylic acids is 1. The van der Waals surface area contributed by atoms with Crippen LogP contribution in [0.4, 0.5) is 0 Å². The summed E-state index contributed by atoms with van der Waals surface area (Å²) in [6.45, 7) is 7.83. The van der Waals surface area contributed by atoms with Gasteiger partial charge in [-0.25, -0.2) is 4.79 Å². The summed E-state index contributed by atoms with van der Waals surface area (Å²) in [6.07, 6.45) is 1.09. The quantitative estimate of drug-likeness (QED) is 0.242. The van der Waals surface area contributed by atoms with Crippen molar-refractivity contribution in [2.45, 2.75) is 71.6 Å². The van der Waals surface area contributed by atoms with Gasteiger partial charge in [0.15, 0.2) is 0 Å². The molecule has 0 saturated heterocycles. The van der Waals surface area contributed by atoms with E-state index in [1.165, 1.54) is 6.92 Å². The highest BCUT2D eigenvalue weighted by Gasteiger charge is 2.33. The van der Waals surface area contributed by atoms with E-state index in [0.717, 1.165) is 0 Å². The Morgan fingerprint density at radius 2 is 1.29 bits per heavy atom. The van der Waals surface area contributed by atoms with E-state index in [4.69, 9.17) is 5.73 Å². The van der Waals surface area contributed by atoms with Gasteiger partial charge >= 0.3 is 5.97 Å². The molecule has 0 rings (SSSR count). The first-order valence-electron chi connectivity index (χ1n) is 9.50. The highest BCUT2D eigenvalue weighted by atomic mass is 16.4. The van der Waals surface area contributed by atoms with Gasteiger partial charge in [-0.05, 0) is 18.8 Å². The zero-order valence-electron chi connectivity index (χ0n) is 17.2. The van der Waals surface area contributed by atoms with Gasteiger partial charge in [0.25, 0.3) is 0 Å². The molecule has 0 fully saturated rings. The molecule has 10 nitrogen and oxygen atoms in total. The van der Waals surface area contributed by atoms with Gasteiger partial charge in [0.05, 0.1) is 12.6 Å². The minimum absolute atomic E-state index is 0.301. The van der Waals surface area contributed by atoms with Crippen LogP contribution in [0.1, 0.15) is 47.5 Å². The smallest absolute Gasteiger partial charge is 0.326 e. The van der Waals surface area contributed by atoms with Crippen LogP contribution in [0.3, 0.4) is 0 Å². The summed E-state index contributed by atoms with van der Waals surface area (Å²) in [5, 5.41) is 26.1. The molecule has 0 aliphatic rings. The summed E-state index contributed by atoms with van der Waals surface area (Å²) >= 11 is 0. The number of aliphatic carboxylic acids is 1. The lowest BCUT2D eigenvalue weighted by atomic mass is 9.95. The minimum atomic E-state index is -1.28. The molecular formula is C18H34N4O6. The minimum Gasteiger partial charge on any atom is -0.480 e. The third-order valence-electron chi connectivity index (χ3n) is 4.80. The monoisotopic (exact) mass is 402 g/mol. The second kappa shape index (κ2) is 12.3. The Morgan fingerprint density at radius 1 is 0.821 bits per heavy atom. The van der Waals surface area contributed by atoms with Gasteiger partial charge in [-0.2, -0.15) is 0 Å². The number of hydrogen-bond acceptors (Lipinski definition) is 6. The third-order valence-corrected chi connectivity index (χ3v) is 4.80. The number of amides is 3. The van der Waals surface area contributed by atoms with Gasteiger partial charge in [0, 0.05) is 0 Å². The number of aliphatic hydroxyl groups excluding tert-OH is 1. The Kier molecular flexibility index (Phi) is 11.3. The molecule has 0 aromatic carbocycles. The van der Waals surface area contributed by atoms with Crippen LogP contribution in [0.25, 0.3) is 0 Å². The summed E-state index contributed by atoms with van der Waals surface area (Å²) < 4.78 is 0. The highest BCUT2D eigenvalue weighted by molar-refractivity contribution is 5.94. The number of rotatable bonds is 12.